The molecule has 5 heteroatoms. The number of rotatable bonds is 4. The molecule has 0 aliphatic carbocycles. The number of aromatic nitrogens is 1. The van der Waals surface area contributed by atoms with Crippen LogP contribution in [0.3, 0.4) is 0 Å². The maximum atomic E-state index is 14.2. The summed E-state index contributed by atoms with van der Waals surface area (Å²) in [5, 5.41) is 0. The van der Waals surface area contributed by atoms with Crippen LogP contribution in [-0.4, -0.2) is 42.1 Å². The molecule has 0 radical (unpaired) electrons. The zero-order chi connectivity index (χ0) is 13.8. The molecule has 1 saturated heterocycles. The monoisotopic (exact) mass is 285 g/mol. The highest BCUT2D eigenvalue weighted by molar-refractivity contribution is 6.17. The summed E-state index contributed by atoms with van der Waals surface area (Å²) in [7, 11) is 0. The third kappa shape index (κ3) is 3.18. The lowest BCUT2D eigenvalue weighted by Crippen LogP contribution is -2.50. The van der Waals surface area contributed by atoms with E-state index in [4.69, 9.17) is 11.6 Å². The molecule has 1 aromatic heterocycles. The van der Waals surface area contributed by atoms with Gasteiger partial charge in [-0.1, -0.05) is 6.92 Å². The molecule has 3 nitrogen and oxygen atoms in total. The van der Waals surface area contributed by atoms with Gasteiger partial charge in [-0.25, -0.2) is 9.37 Å². The Hall–Kier alpha value is -0.870. The number of piperazine rings is 1. The minimum atomic E-state index is -0.269. The van der Waals surface area contributed by atoms with Crippen molar-refractivity contribution in [3.63, 3.8) is 0 Å². The van der Waals surface area contributed by atoms with Gasteiger partial charge < -0.3 is 4.90 Å². The SMILES string of the molecule is CCC(C)N1CCN(c2nccc(CCl)c2F)CC1. The molecule has 19 heavy (non-hydrogen) atoms. The van der Waals surface area contributed by atoms with E-state index in [1.807, 2.05) is 4.90 Å². The normalized spacial score (nSPS) is 18.6. The van der Waals surface area contributed by atoms with Gasteiger partial charge in [-0.05, 0) is 19.4 Å². The van der Waals surface area contributed by atoms with Crippen LogP contribution in [0.15, 0.2) is 12.3 Å². The first-order valence-corrected chi connectivity index (χ1v) is 7.39. The fraction of sp³-hybridized carbons (Fsp3) is 0.643. The van der Waals surface area contributed by atoms with Crippen LogP contribution in [0.2, 0.25) is 0 Å². The van der Waals surface area contributed by atoms with Gasteiger partial charge in [0.05, 0.1) is 5.88 Å². The van der Waals surface area contributed by atoms with Gasteiger partial charge in [0, 0.05) is 44.0 Å². The van der Waals surface area contributed by atoms with Crippen molar-refractivity contribution in [1.82, 2.24) is 9.88 Å². The van der Waals surface area contributed by atoms with Crippen LogP contribution >= 0.6 is 11.6 Å². The summed E-state index contributed by atoms with van der Waals surface area (Å²) in [6.45, 7) is 7.99. The summed E-state index contributed by atoms with van der Waals surface area (Å²) < 4.78 is 14.2. The van der Waals surface area contributed by atoms with Crippen molar-refractivity contribution in [3.8, 4) is 0 Å². The van der Waals surface area contributed by atoms with Crippen LogP contribution in [0, 0.1) is 5.82 Å². The van der Waals surface area contributed by atoms with Crippen LogP contribution < -0.4 is 4.90 Å². The van der Waals surface area contributed by atoms with Crippen molar-refractivity contribution in [2.45, 2.75) is 32.2 Å². The molecule has 0 amide bonds. The van der Waals surface area contributed by atoms with E-state index < -0.39 is 0 Å². The number of hydrogen-bond acceptors (Lipinski definition) is 3. The molecule has 106 valence electrons. The smallest absolute Gasteiger partial charge is 0.170 e. The van der Waals surface area contributed by atoms with E-state index in [0.717, 1.165) is 32.6 Å². The van der Waals surface area contributed by atoms with E-state index in [2.05, 4.69) is 23.7 Å². The zero-order valence-electron chi connectivity index (χ0n) is 11.6. The maximum Gasteiger partial charge on any atom is 0.170 e. The lowest BCUT2D eigenvalue weighted by atomic mass is 10.2. The first-order chi connectivity index (χ1) is 9.17. The van der Waals surface area contributed by atoms with E-state index >= 15 is 0 Å². The van der Waals surface area contributed by atoms with Crippen molar-refractivity contribution in [2.24, 2.45) is 0 Å². The number of alkyl halides is 1. The molecule has 1 aromatic rings. The molecule has 1 aliphatic rings. The summed E-state index contributed by atoms with van der Waals surface area (Å²) >= 11 is 5.73. The molecule has 1 fully saturated rings. The largest absolute Gasteiger partial charge is 0.352 e. The van der Waals surface area contributed by atoms with E-state index in [-0.39, 0.29) is 11.7 Å². The van der Waals surface area contributed by atoms with E-state index in [9.17, 15) is 4.39 Å². The average Bonchev–Trinajstić information content (AvgIpc) is 2.47. The van der Waals surface area contributed by atoms with Crippen molar-refractivity contribution >= 4 is 17.4 Å². The average molecular weight is 286 g/mol. The number of pyridine rings is 1. The Morgan fingerprint density at radius 3 is 2.63 bits per heavy atom. The van der Waals surface area contributed by atoms with Gasteiger partial charge in [0.2, 0.25) is 0 Å². The molecule has 0 N–H and O–H groups in total. The molecule has 2 rings (SSSR count). The number of hydrogen-bond donors (Lipinski definition) is 0. The molecule has 0 saturated carbocycles. The number of anilines is 1. The van der Waals surface area contributed by atoms with Gasteiger partial charge in [-0.2, -0.15) is 0 Å². The Morgan fingerprint density at radius 1 is 1.37 bits per heavy atom. The van der Waals surface area contributed by atoms with Crippen molar-refractivity contribution in [1.29, 1.82) is 0 Å². The second-order valence-electron chi connectivity index (χ2n) is 5.02. The fourth-order valence-electron chi connectivity index (χ4n) is 2.43. The van der Waals surface area contributed by atoms with Crippen molar-refractivity contribution < 1.29 is 4.39 Å². The predicted octanol–water partition coefficient (Wildman–Crippen LogP) is 2.88. The van der Waals surface area contributed by atoms with E-state index in [1.165, 1.54) is 0 Å². The molecule has 1 atom stereocenters. The Balaban J connectivity index is 2.06. The summed E-state index contributed by atoms with van der Waals surface area (Å²) in [6, 6.07) is 2.23. The second-order valence-corrected chi connectivity index (χ2v) is 5.29. The Labute approximate surface area is 119 Å². The first kappa shape index (κ1) is 14.5. The van der Waals surface area contributed by atoms with Gasteiger partial charge in [0.25, 0.3) is 0 Å². The standard InChI is InChI=1S/C14H21ClFN3/c1-3-11(2)18-6-8-19(9-7-18)14-13(16)12(10-15)4-5-17-14/h4-5,11H,3,6-10H2,1-2H3. The lowest BCUT2D eigenvalue weighted by Gasteiger charge is -2.38. The van der Waals surface area contributed by atoms with Gasteiger partial charge in [0.1, 0.15) is 0 Å². The van der Waals surface area contributed by atoms with E-state index in [1.54, 1.807) is 12.3 Å². The van der Waals surface area contributed by atoms with Crippen LogP contribution in [-0.2, 0) is 5.88 Å². The summed E-state index contributed by atoms with van der Waals surface area (Å²) in [5.41, 5.74) is 0.524. The molecule has 0 aromatic carbocycles. The Kier molecular flexibility index (Phi) is 4.99. The first-order valence-electron chi connectivity index (χ1n) is 6.85. The molecule has 0 spiro atoms. The topological polar surface area (TPSA) is 19.4 Å². The predicted molar refractivity (Wildman–Crippen MR) is 77.3 cm³/mol. The highest BCUT2D eigenvalue weighted by Crippen LogP contribution is 2.22. The molecular formula is C14H21ClFN3. The summed E-state index contributed by atoms with van der Waals surface area (Å²) in [6.07, 6.45) is 2.78. The van der Waals surface area contributed by atoms with Gasteiger partial charge in [0.15, 0.2) is 11.6 Å². The third-order valence-electron chi connectivity index (χ3n) is 3.92. The Morgan fingerprint density at radius 2 is 2.05 bits per heavy atom. The highest BCUT2D eigenvalue weighted by atomic mass is 35.5. The Bertz CT molecular complexity index is 419. The molecule has 2 heterocycles. The summed E-state index contributed by atoms with van der Waals surface area (Å²) in [5.74, 6) is 0.366. The molecular weight excluding hydrogens is 265 g/mol. The quantitative estimate of drug-likeness (QED) is 0.793. The molecule has 1 unspecified atom stereocenters. The summed E-state index contributed by atoms with van der Waals surface area (Å²) in [4.78, 5) is 8.64. The third-order valence-corrected chi connectivity index (χ3v) is 4.21. The van der Waals surface area contributed by atoms with Crippen molar-refractivity contribution in [2.75, 3.05) is 31.1 Å². The second kappa shape index (κ2) is 6.53. The molecule has 1 aliphatic heterocycles. The zero-order valence-corrected chi connectivity index (χ0v) is 12.3. The molecule has 0 bridgehead atoms. The fourth-order valence-corrected chi connectivity index (χ4v) is 2.63. The number of halogens is 2. The minimum absolute atomic E-state index is 0.189. The van der Waals surface area contributed by atoms with Gasteiger partial charge in [-0.3, -0.25) is 4.90 Å². The van der Waals surface area contributed by atoms with Crippen LogP contribution in [0.25, 0.3) is 0 Å². The van der Waals surface area contributed by atoms with Crippen LogP contribution in [0.4, 0.5) is 10.2 Å². The van der Waals surface area contributed by atoms with Crippen LogP contribution in [0.1, 0.15) is 25.8 Å². The van der Waals surface area contributed by atoms with Gasteiger partial charge >= 0.3 is 0 Å². The van der Waals surface area contributed by atoms with E-state index in [0.29, 0.717) is 17.4 Å². The lowest BCUT2D eigenvalue weighted by molar-refractivity contribution is 0.192. The number of nitrogens with zero attached hydrogens (tertiary/aromatic N) is 3. The van der Waals surface area contributed by atoms with Crippen molar-refractivity contribution in [3.05, 3.63) is 23.6 Å². The van der Waals surface area contributed by atoms with Crippen LogP contribution in [0.5, 0.6) is 0 Å². The maximum absolute atomic E-state index is 14.2. The minimum Gasteiger partial charge on any atom is -0.352 e. The van der Waals surface area contributed by atoms with Gasteiger partial charge in [-0.15, -0.1) is 11.6 Å². The highest BCUT2D eigenvalue weighted by Gasteiger charge is 2.23.